The normalized spacial score (nSPS) is 13.2. The number of thiophene rings is 3. The van der Waals surface area contributed by atoms with Crippen LogP contribution in [0.25, 0.3) is 66.8 Å². The van der Waals surface area contributed by atoms with Crippen molar-refractivity contribution in [2.45, 2.75) is 332 Å². The number of fused-ring (bicyclic) bond motifs is 6. The molecule has 4 heteroatoms. The van der Waals surface area contributed by atoms with Gasteiger partial charge in [-0.3, -0.25) is 0 Å². The monoisotopic (exact) mass is 1990 g/mol. The van der Waals surface area contributed by atoms with Crippen molar-refractivity contribution in [2.75, 3.05) is 0 Å². The van der Waals surface area contributed by atoms with Gasteiger partial charge < -0.3 is 0 Å². The molecule has 12 aliphatic rings. The summed E-state index contributed by atoms with van der Waals surface area (Å²) in [5.41, 5.74) is 41.1. The van der Waals surface area contributed by atoms with Crippen LogP contribution in [0.4, 0.5) is 0 Å². The zero-order valence-electron chi connectivity index (χ0n) is 90.3. The van der Waals surface area contributed by atoms with E-state index >= 15 is 0 Å². The van der Waals surface area contributed by atoms with Gasteiger partial charge in [0, 0.05) is 52.6 Å². The predicted molar refractivity (Wildman–Crippen MR) is 616 cm³/mol. The lowest BCUT2D eigenvalue weighted by Gasteiger charge is -2.19. The summed E-state index contributed by atoms with van der Waals surface area (Å²) in [6.45, 7) is 84.8. The molecule has 0 unspecified atom stereocenters. The zero-order valence-corrected chi connectivity index (χ0v) is 94.9. The van der Waals surface area contributed by atoms with Crippen LogP contribution in [-0.2, 0) is 65.0 Å². The quantitative estimate of drug-likeness (QED) is 0.0998. The van der Waals surface area contributed by atoms with Crippen LogP contribution >= 0.6 is 56.6 Å². The highest BCUT2D eigenvalue weighted by Gasteiger charge is 2.41. The molecule has 16 rings (SSSR count). The van der Waals surface area contributed by atoms with Crippen LogP contribution in [-0.4, -0.2) is 0 Å². The van der Waals surface area contributed by atoms with E-state index in [0.29, 0.717) is 0 Å². The zero-order chi connectivity index (χ0) is 101. The van der Waals surface area contributed by atoms with Gasteiger partial charge in [0.1, 0.15) is 0 Å². The number of benzene rings is 1. The second kappa shape index (κ2) is 36.4. The van der Waals surface area contributed by atoms with Gasteiger partial charge in [-0.25, -0.2) is 0 Å². The van der Waals surface area contributed by atoms with Gasteiger partial charge in [-0.15, -0.1) is 34.0 Å². The van der Waals surface area contributed by atoms with Crippen LogP contribution in [0.1, 0.15) is 413 Å². The molecule has 4 aromatic rings. The summed E-state index contributed by atoms with van der Waals surface area (Å²) in [5, 5.41) is 0. The lowest BCUT2D eigenvalue weighted by atomic mass is 9.85. The molecule has 0 nitrogen and oxygen atoms in total. The maximum Gasteiger partial charge on any atom is 0.0775 e. The minimum Gasteiger partial charge on any atom is -0.131 e. The molecule has 139 heavy (non-hydrogen) atoms. The maximum absolute atomic E-state index is 3.91. The molecule has 0 N–H and O–H groups in total. The Morgan fingerprint density at radius 1 is 0.173 bits per heavy atom. The van der Waals surface area contributed by atoms with E-state index in [1.807, 2.05) is 34.0 Å². The first-order valence-electron chi connectivity index (χ1n) is 50.5. The van der Waals surface area contributed by atoms with Crippen molar-refractivity contribution in [1.29, 1.82) is 0 Å². The SMILES string of the molecule is CC(C)(C)c1ccc2c(C(c3ccc(C#Cc4cc(C#Cc5ccc(C(c6cc(C(C)(C)C)c7ccc(C(C)(C)C)ccc6-7)c6cc(C(C)(C)C)c7ccc(C(C)(C)C)ccc6-7)s5)c(C#Cc5ccc(C(c6cc(C(C)(C)C)c7ccc(C(C)(C)C)ccc6-7)c6cc(C(C)(C)C)c7ccc(C(C)(C)C)ccc6-7)s5)cc4I)s3)c3cc(C(C)(C)C)c4ccc(C(C)(C)C)ccc3-4)cc(C(C)(C)C)c-2cc1. The standard InChI is InChI=1S/C135H149IS3/c1-124(2,3)84-40-58-93-99(64-46-84)111(130(19,20)21)75-105(93)121(106-76-112(131(22,23)24)100-65-47-85(125(4,5)6)41-59-94(100)106)118-70-55-90(137-118)52-37-81-73-83(39-54-92-57-72-120(139-92)123(109-79-115(134(31,32)33)103-68-50-88(128(13,14)15)44-62-97(103)109)110-80-116(135(34,35)36)104-69-51-89(129(16,17)18)45-63-98(104)110)117(136)74-82(81)38-53-91-56-71-119(138-91)122(107-77-113(132(25,26)27)101-66-48-86(126(7,8)9)42-60-95(101)107)108-78-114(133(28,29)30)102-67-49-87(127(10,11)12)43-61-96(102)108/h40-51,55-80,121-123H,1-36H3. The van der Waals surface area contributed by atoms with Gasteiger partial charge in [-0.1, -0.05) is 467 Å². The molecule has 0 radical (unpaired) electrons. The first kappa shape index (κ1) is 102. The van der Waals surface area contributed by atoms with Gasteiger partial charge in [-0.2, -0.15) is 0 Å². The molecular weight excluding hydrogens is 1840 g/mol. The van der Waals surface area contributed by atoms with Crippen molar-refractivity contribution in [1.82, 2.24) is 0 Å². The molecule has 0 atom stereocenters. The van der Waals surface area contributed by atoms with Crippen LogP contribution in [0.3, 0.4) is 0 Å². The minimum atomic E-state index is -0.141. The summed E-state index contributed by atoms with van der Waals surface area (Å²) < 4.78 is 1.02. The van der Waals surface area contributed by atoms with Gasteiger partial charge in [0.15, 0.2) is 0 Å². The van der Waals surface area contributed by atoms with Crippen molar-refractivity contribution in [3.8, 4) is 102 Å². The first-order chi connectivity index (χ1) is 64.4. The van der Waals surface area contributed by atoms with Crippen molar-refractivity contribution in [3.63, 3.8) is 0 Å². The van der Waals surface area contributed by atoms with Crippen LogP contribution in [0.5, 0.6) is 0 Å². The molecule has 0 bridgehead atoms. The Hall–Kier alpha value is -10.1. The number of hydrogen-bond acceptors (Lipinski definition) is 3. The van der Waals surface area contributed by atoms with E-state index in [0.717, 1.165) is 34.9 Å². The number of rotatable bonds is 9. The molecule has 0 fully saturated rings. The summed E-state index contributed by atoms with van der Waals surface area (Å²) in [4.78, 5) is 6.76. The van der Waals surface area contributed by atoms with Gasteiger partial charge in [0.2, 0.25) is 0 Å². The third kappa shape index (κ3) is 20.9. The van der Waals surface area contributed by atoms with Crippen LogP contribution < -0.4 is 0 Å². The predicted octanol–water partition coefficient (Wildman–Crippen LogP) is 38.4. The Bertz CT molecular complexity index is 7050. The highest BCUT2D eigenvalue weighted by Crippen LogP contribution is 2.58. The average Bonchev–Trinajstić information content (AvgIpc) is 1.59. The summed E-state index contributed by atoms with van der Waals surface area (Å²) in [7, 11) is 0. The third-order valence-electron chi connectivity index (χ3n) is 29.0. The van der Waals surface area contributed by atoms with E-state index < -0.39 is 0 Å². The summed E-state index contributed by atoms with van der Waals surface area (Å²) >= 11 is 8.01. The average molecular weight is 1990 g/mol. The molecule has 0 saturated carbocycles. The Morgan fingerprint density at radius 3 is 0.511 bits per heavy atom. The van der Waals surface area contributed by atoms with E-state index in [-0.39, 0.29) is 82.7 Å². The van der Waals surface area contributed by atoms with Crippen LogP contribution in [0, 0.1) is 39.1 Å². The molecule has 3 aromatic heterocycles. The van der Waals surface area contributed by atoms with E-state index in [2.05, 4.69) is 538 Å². The van der Waals surface area contributed by atoms with E-state index in [9.17, 15) is 0 Å². The fourth-order valence-corrected chi connectivity index (χ4v) is 24.4. The topological polar surface area (TPSA) is 0 Å². The van der Waals surface area contributed by atoms with E-state index in [1.54, 1.807) is 0 Å². The van der Waals surface area contributed by atoms with Gasteiger partial charge in [0.05, 0.1) is 14.6 Å². The highest BCUT2D eigenvalue weighted by molar-refractivity contribution is 14.1. The minimum absolute atomic E-state index is 0.0377. The lowest BCUT2D eigenvalue weighted by molar-refractivity contribution is 0.590. The molecule has 12 aliphatic carbocycles. The second-order valence-electron chi connectivity index (χ2n) is 52.3. The van der Waals surface area contributed by atoms with E-state index in [1.165, 1.54) is 182 Å². The van der Waals surface area contributed by atoms with Gasteiger partial charge in [-0.05, 0) is 303 Å². The Kier molecular flexibility index (Phi) is 26.7. The van der Waals surface area contributed by atoms with Gasteiger partial charge in [0.25, 0.3) is 0 Å². The molecule has 3 heterocycles. The molecular formula is C135H149IS3. The first-order valence-corrected chi connectivity index (χ1v) is 54.1. The Labute approximate surface area is 863 Å². The number of halogens is 1. The number of hydrogen-bond donors (Lipinski definition) is 0. The molecule has 0 amide bonds. The fraction of sp³-hybridized carbons (Fsp3) is 0.378. The molecule has 0 aliphatic heterocycles. The summed E-state index contributed by atoms with van der Waals surface area (Å²) in [5.74, 6) is 22.9. The Balaban J connectivity index is 0.899. The van der Waals surface area contributed by atoms with Crippen molar-refractivity contribution < 1.29 is 0 Å². The summed E-state index contributed by atoms with van der Waals surface area (Å²) in [6.07, 6.45) is 0. The molecule has 714 valence electrons. The smallest absolute Gasteiger partial charge is 0.0775 e. The second-order valence-corrected chi connectivity index (χ2v) is 56.8. The molecule has 0 saturated heterocycles. The van der Waals surface area contributed by atoms with Gasteiger partial charge >= 0.3 is 0 Å². The van der Waals surface area contributed by atoms with E-state index in [4.69, 9.17) is 0 Å². The molecule has 1 aromatic carbocycles. The van der Waals surface area contributed by atoms with Crippen LogP contribution in [0.15, 0.2) is 231 Å². The molecule has 0 spiro atoms. The maximum atomic E-state index is 3.91. The largest absolute Gasteiger partial charge is 0.131 e. The van der Waals surface area contributed by atoms with Crippen molar-refractivity contribution in [2.24, 2.45) is 0 Å². The van der Waals surface area contributed by atoms with Crippen LogP contribution in [0.2, 0.25) is 0 Å². The summed E-state index contributed by atoms with van der Waals surface area (Å²) in [6, 6.07) is 91.7. The van der Waals surface area contributed by atoms with Crippen molar-refractivity contribution in [3.05, 3.63) is 380 Å². The highest BCUT2D eigenvalue weighted by atomic mass is 127. The van der Waals surface area contributed by atoms with Crippen molar-refractivity contribution >= 4 is 56.6 Å². The third-order valence-corrected chi connectivity index (χ3v) is 33.1. The Morgan fingerprint density at radius 2 is 0.338 bits per heavy atom. The lowest BCUT2D eigenvalue weighted by Crippen LogP contribution is -2.11. The fourth-order valence-electron chi connectivity index (χ4n) is 20.8.